The van der Waals surface area contributed by atoms with Crippen LogP contribution in [0.3, 0.4) is 0 Å². The lowest BCUT2D eigenvalue weighted by Crippen LogP contribution is -2.29. The molecule has 0 aliphatic carbocycles. The normalized spacial score (nSPS) is 13.5. The van der Waals surface area contributed by atoms with Gasteiger partial charge in [-0.15, -0.1) is 0 Å². The minimum Gasteiger partial charge on any atom is -0.370 e. The van der Waals surface area contributed by atoms with E-state index in [1.807, 2.05) is 39.0 Å². The van der Waals surface area contributed by atoms with Crippen LogP contribution in [-0.4, -0.2) is 25.9 Å². The van der Waals surface area contributed by atoms with Crippen LogP contribution in [0.15, 0.2) is 18.2 Å². The summed E-state index contributed by atoms with van der Waals surface area (Å²) in [4.78, 5) is 0. The summed E-state index contributed by atoms with van der Waals surface area (Å²) in [6.07, 6.45) is -3.36. The molecule has 0 saturated carbocycles. The second kappa shape index (κ2) is 7.64. The van der Waals surface area contributed by atoms with Crippen molar-refractivity contribution in [3.8, 4) is 0 Å². The number of alkyl halides is 3. The van der Waals surface area contributed by atoms with Crippen molar-refractivity contribution < 1.29 is 17.9 Å². The molecule has 2 nitrogen and oxygen atoms in total. The van der Waals surface area contributed by atoms with Crippen molar-refractivity contribution in [1.29, 1.82) is 0 Å². The van der Waals surface area contributed by atoms with Crippen LogP contribution in [0.2, 0.25) is 0 Å². The molecular weight excluding hydrogens is 267 g/mol. The molecule has 0 radical (unpaired) electrons. The van der Waals surface area contributed by atoms with Gasteiger partial charge in [-0.1, -0.05) is 30.7 Å². The van der Waals surface area contributed by atoms with E-state index in [1.54, 1.807) is 0 Å². The van der Waals surface area contributed by atoms with Crippen LogP contribution in [0, 0.1) is 13.8 Å². The van der Waals surface area contributed by atoms with Gasteiger partial charge in [0.1, 0.15) is 6.61 Å². The van der Waals surface area contributed by atoms with Crippen LogP contribution in [0.4, 0.5) is 13.2 Å². The van der Waals surface area contributed by atoms with E-state index in [4.69, 9.17) is 4.74 Å². The lowest BCUT2D eigenvalue weighted by Gasteiger charge is -2.21. The highest BCUT2D eigenvalue weighted by Crippen LogP contribution is 2.21. The second-order valence-corrected chi connectivity index (χ2v) is 5.00. The largest absolute Gasteiger partial charge is 0.411 e. The average Bonchev–Trinajstić information content (AvgIpc) is 2.33. The number of aryl methyl sites for hydroxylation is 2. The highest BCUT2D eigenvalue weighted by atomic mass is 19.4. The SMILES string of the molecule is CCCNC(COCC(F)(F)F)c1ccc(C)cc1C. The molecule has 0 amide bonds. The first-order valence-electron chi connectivity index (χ1n) is 6.78. The number of hydrogen-bond donors (Lipinski definition) is 1. The molecule has 0 spiro atoms. The Balaban J connectivity index is 2.72. The van der Waals surface area contributed by atoms with E-state index in [2.05, 4.69) is 5.32 Å². The second-order valence-electron chi connectivity index (χ2n) is 5.00. The molecule has 0 bridgehead atoms. The molecule has 0 aromatic heterocycles. The summed E-state index contributed by atoms with van der Waals surface area (Å²) in [6, 6.07) is 5.74. The van der Waals surface area contributed by atoms with Crippen LogP contribution in [0.25, 0.3) is 0 Å². The standard InChI is InChI=1S/C15H22F3NO/c1-4-7-19-14(9-20-10-15(16,17)18)13-6-5-11(2)8-12(13)3/h5-6,8,14,19H,4,7,9-10H2,1-3H3. The Kier molecular flexibility index (Phi) is 6.49. The Labute approximate surface area is 118 Å². The molecule has 0 heterocycles. The Hall–Kier alpha value is -1.07. The van der Waals surface area contributed by atoms with Gasteiger partial charge in [0.2, 0.25) is 0 Å². The van der Waals surface area contributed by atoms with Gasteiger partial charge < -0.3 is 10.1 Å². The molecule has 1 aromatic rings. The van der Waals surface area contributed by atoms with Crippen LogP contribution in [-0.2, 0) is 4.74 Å². The topological polar surface area (TPSA) is 21.3 Å². The number of ether oxygens (including phenoxy) is 1. The quantitative estimate of drug-likeness (QED) is 0.821. The number of halogens is 3. The maximum absolute atomic E-state index is 12.1. The number of rotatable bonds is 7. The number of hydrogen-bond acceptors (Lipinski definition) is 2. The van der Waals surface area contributed by atoms with Gasteiger partial charge in [-0.05, 0) is 37.9 Å². The van der Waals surface area contributed by atoms with E-state index >= 15 is 0 Å². The maximum atomic E-state index is 12.1. The van der Waals surface area contributed by atoms with Crippen LogP contribution >= 0.6 is 0 Å². The van der Waals surface area contributed by atoms with Crippen LogP contribution in [0.1, 0.15) is 36.1 Å². The highest BCUT2D eigenvalue weighted by Gasteiger charge is 2.28. The molecular formula is C15H22F3NO. The molecule has 1 rings (SSSR count). The molecule has 0 fully saturated rings. The molecule has 20 heavy (non-hydrogen) atoms. The summed E-state index contributed by atoms with van der Waals surface area (Å²) in [5.74, 6) is 0. The fourth-order valence-electron chi connectivity index (χ4n) is 2.09. The molecule has 5 heteroatoms. The van der Waals surface area contributed by atoms with Crippen molar-refractivity contribution in [3.05, 3.63) is 34.9 Å². The summed E-state index contributed by atoms with van der Waals surface area (Å²) >= 11 is 0. The van der Waals surface area contributed by atoms with E-state index in [-0.39, 0.29) is 12.6 Å². The molecule has 1 aromatic carbocycles. The van der Waals surface area contributed by atoms with Gasteiger partial charge in [0.05, 0.1) is 12.6 Å². The van der Waals surface area contributed by atoms with Gasteiger partial charge in [-0.25, -0.2) is 0 Å². The van der Waals surface area contributed by atoms with E-state index in [0.717, 1.165) is 29.7 Å². The molecule has 1 N–H and O–H groups in total. The Morgan fingerprint density at radius 2 is 1.95 bits per heavy atom. The summed E-state index contributed by atoms with van der Waals surface area (Å²) < 4.78 is 41.3. The van der Waals surface area contributed by atoms with Crippen LogP contribution < -0.4 is 5.32 Å². The Bertz CT molecular complexity index is 418. The van der Waals surface area contributed by atoms with E-state index in [1.165, 1.54) is 0 Å². The summed E-state index contributed by atoms with van der Waals surface area (Å²) in [5, 5.41) is 3.24. The van der Waals surface area contributed by atoms with Crippen molar-refractivity contribution in [3.63, 3.8) is 0 Å². The monoisotopic (exact) mass is 289 g/mol. The van der Waals surface area contributed by atoms with Crippen molar-refractivity contribution in [2.24, 2.45) is 0 Å². The zero-order valence-corrected chi connectivity index (χ0v) is 12.2. The van der Waals surface area contributed by atoms with Crippen molar-refractivity contribution in [1.82, 2.24) is 5.32 Å². The Morgan fingerprint density at radius 3 is 2.50 bits per heavy atom. The van der Waals surface area contributed by atoms with Gasteiger partial charge in [-0.2, -0.15) is 13.2 Å². The average molecular weight is 289 g/mol. The summed E-state index contributed by atoms with van der Waals surface area (Å²) in [7, 11) is 0. The predicted octanol–water partition coefficient (Wildman–Crippen LogP) is 3.92. The minimum absolute atomic E-state index is 0.0173. The smallest absolute Gasteiger partial charge is 0.370 e. The summed E-state index contributed by atoms with van der Waals surface area (Å²) in [6.45, 7) is 5.53. The van der Waals surface area contributed by atoms with Gasteiger partial charge in [0, 0.05) is 0 Å². The van der Waals surface area contributed by atoms with Crippen molar-refractivity contribution in [2.75, 3.05) is 19.8 Å². The highest BCUT2D eigenvalue weighted by molar-refractivity contribution is 5.32. The fraction of sp³-hybridized carbons (Fsp3) is 0.600. The van der Waals surface area contributed by atoms with Crippen LogP contribution in [0.5, 0.6) is 0 Å². The first-order valence-corrected chi connectivity index (χ1v) is 6.78. The van der Waals surface area contributed by atoms with Gasteiger partial charge in [-0.3, -0.25) is 0 Å². The van der Waals surface area contributed by atoms with Gasteiger partial charge in [0.15, 0.2) is 0 Å². The maximum Gasteiger partial charge on any atom is 0.411 e. The zero-order chi connectivity index (χ0) is 15.2. The van der Waals surface area contributed by atoms with E-state index in [0.29, 0.717) is 0 Å². The minimum atomic E-state index is -4.28. The first-order chi connectivity index (χ1) is 9.33. The molecule has 0 saturated heterocycles. The molecule has 1 atom stereocenters. The number of nitrogens with one attached hydrogen (secondary N) is 1. The number of benzene rings is 1. The first kappa shape index (κ1) is 17.0. The lowest BCUT2D eigenvalue weighted by molar-refractivity contribution is -0.175. The van der Waals surface area contributed by atoms with Gasteiger partial charge >= 0.3 is 6.18 Å². The zero-order valence-electron chi connectivity index (χ0n) is 12.2. The lowest BCUT2D eigenvalue weighted by atomic mass is 9.99. The van der Waals surface area contributed by atoms with Gasteiger partial charge in [0.25, 0.3) is 0 Å². The molecule has 0 aliphatic rings. The predicted molar refractivity (Wildman–Crippen MR) is 73.8 cm³/mol. The fourth-order valence-corrected chi connectivity index (χ4v) is 2.09. The molecule has 114 valence electrons. The van der Waals surface area contributed by atoms with Crippen molar-refractivity contribution >= 4 is 0 Å². The summed E-state index contributed by atoms with van der Waals surface area (Å²) in [5.41, 5.74) is 3.19. The van der Waals surface area contributed by atoms with E-state index in [9.17, 15) is 13.2 Å². The van der Waals surface area contributed by atoms with E-state index < -0.39 is 12.8 Å². The third kappa shape index (κ3) is 5.92. The molecule has 1 unspecified atom stereocenters. The third-order valence-corrected chi connectivity index (χ3v) is 2.99. The third-order valence-electron chi connectivity index (χ3n) is 2.99. The van der Waals surface area contributed by atoms with Crippen molar-refractivity contribution in [2.45, 2.75) is 39.4 Å². The Morgan fingerprint density at radius 1 is 1.25 bits per heavy atom. The molecule has 0 aliphatic heterocycles.